The molecule has 1 N–H and O–H groups in total. The first-order valence-electron chi connectivity index (χ1n) is 6.75. The van der Waals surface area contributed by atoms with Gasteiger partial charge in [0.05, 0.1) is 12.8 Å². The molecule has 22 heavy (non-hydrogen) atoms. The highest BCUT2D eigenvalue weighted by Gasteiger charge is 2.20. The molecular weight excluding hydrogens is 370 g/mol. The van der Waals surface area contributed by atoms with Gasteiger partial charge in [0, 0.05) is 23.2 Å². The van der Waals surface area contributed by atoms with E-state index in [9.17, 15) is 13.2 Å². The molecule has 0 aliphatic heterocycles. The number of carbonyl (C=O) groups is 1. The molecule has 124 valence electrons. The van der Waals surface area contributed by atoms with Gasteiger partial charge in [0.2, 0.25) is 15.9 Å². The van der Waals surface area contributed by atoms with Gasteiger partial charge in [-0.05, 0) is 44.8 Å². The summed E-state index contributed by atoms with van der Waals surface area (Å²) in [4.78, 5) is 13.9. The van der Waals surface area contributed by atoms with Crippen molar-refractivity contribution in [1.29, 1.82) is 0 Å². The Morgan fingerprint density at radius 1 is 1.27 bits per heavy atom. The first-order chi connectivity index (χ1) is 10.1. The average molecular weight is 392 g/mol. The van der Waals surface area contributed by atoms with Crippen LogP contribution < -0.4 is 5.32 Å². The number of likely N-dealkylation sites (N-methyl/N-ethyl adjacent to an activating group) is 1. The largest absolute Gasteiger partial charge is 0.325 e. The Labute approximate surface area is 140 Å². The maximum atomic E-state index is 12.1. The van der Waals surface area contributed by atoms with Gasteiger partial charge >= 0.3 is 0 Å². The number of nitrogens with zero attached hydrogens (tertiary/aromatic N) is 2. The summed E-state index contributed by atoms with van der Waals surface area (Å²) in [5, 5.41) is 2.72. The molecule has 0 saturated carbocycles. The van der Waals surface area contributed by atoms with Crippen LogP contribution in [-0.2, 0) is 14.8 Å². The quantitative estimate of drug-likeness (QED) is 0.764. The highest BCUT2D eigenvalue weighted by atomic mass is 79.9. The van der Waals surface area contributed by atoms with Gasteiger partial charge in [0.1, 0.15) is 0 Å². The van der Waals surface area contributed by atoms with E-state index in [1.807, 2.05) is 38.1 Å². The fourth-order valence-corrected chi connectivity index (χ4v) is 2.77. The number of aryl methyl sites for hydroxylation is 1. The van der Waals surface area contributed by atoms with Crippen LogP contribution in [0, 0.1) is 6.92 Å². The second-order valence-electron chi connectivity index (χ2n) is 5.41. The average Bonchev–Trinajstić information content (AvgIpc) is 2.37. The van der Waals surface area contributed by atoms with Crippen LogP contribution in [0.4, 0.5) is 5.69 Å². The number of sulfonamides is 1. The zero-order valence-electron chi connectivity index (χ0n) is 13.3. The normalized spacial score (nSPS) is 12.0. The van der Waals surface area contributed by atoms with Gasteiger partial charge in [0.15, 0.2) is 0 Å². The van der Waals surface area contributed by atoms with Gasteiger partial charge in [0.25, 0.3) is 0 Å². The lowest BCUT2D eigenvalue weighted by Gasteiger charge is -2.21. The van der Waals surface area contributed by atoms with E-state index in [0.717, 1.165) is 16.3 Å². The molecule has 6 nitrogen and oxygen atoms in total. The number of carbonyl (C=O) groups excluding carboxylic acids is 1. The summed E-state index contributed by atoms with van der Waals surface area (Å²) >= 11 is 3.39. The molecular formula is C14H22BrN3O3S. The van der Waals surface area contributed by atoms with Crippen LogP contribution in [0.3, 0.4) is 0 Å². The van der Waals surface area contributed by atoms with Crippen molar-refractivity contribution in [2.45, 2.75) is 6.92 Å². The lowest BCUT2D eigenvalue weighted by molar-refractivity contribution is -0.116. The molecule has 1 aromatic rings. The summed E-state index contributed by atoms with van der Waals surface area (Å²) in [5.41, 5.74) is 1.64. The van der Waals surface area contributed by atoms with Crippen LogP contribution in [0.15, 0.2) is 22.7 Å². The van der Waals surface area contributed by atoms with Crippen LogP contribution >= 0.6 is 15.9 Å². The van der Waals surface area contributed by atoms with Crippen molar-refractivity contribution in [3.8, 4) is 0 Å². The van der Waals surface area contributed by atoms with E-state index in [-0.39, 0.29) is 19.0 Å². The van der Waals surface area contributed by atoms with Crippen molar-refractivity contribution < 1.29 is 13.2 Å². The molecule has 0 unspecified atom stereocenters. The van der Waals surface area contributed by atoms with Gasteiger partial charge in [-0.3, -0.25) is 4.79 Å². The molecule has 1 amide bonds. The van der Waals surface area contributed by atoms with Crippen molar-refractivity contribution in [1.82, 2.24) is 9.21 Å². The van der Waals surface area contributed by atoms with E-state index in [2.05, 4.69) is 21.2 Å². The van der Waals surface area contributed by atoms with Crippen molar-refractivity contribution in [2.24, 2.45) is 0 Å². The van der Waals surface area contributed by atoms with Crippen molar-refractivity contribution in [3.63, 3.8) is 0 Å². The molecule has 8 heteroatoms. The molecule has 0 heterocycles. The molecule has 0 spiro atoms. The van der Waals surface area contributed by atoms with Crippen LogP contribution in [0.25, 0.3) is 0 Å². The topological polar surface area (TPSA) is 69.7 Å². The summed E-state index contributed by atoms with van der Waals surface area (Å²) < 4.78 is 25.6. The van der Waals surface area contributed by atoms with E-state index in [4.69, 9.17) is 0 Å². The number of hydrogen-bond donors (Lipinski definition) is 1. The molecule has 1 aromatic carbocycles. The predicted octanol–water partition coefficient (Wildman–Crippen LogP) is 1.52. The highest BCUT2D eigenvalue weighted by molar-refractivity contribution is 9.10. The Kier molecular flexibility index (Phi) is 6.98. The van der Waals surface area contributed by atoms with Crippen molar-refractivity contribution in [2.75, 3.05) is 45.3 Å². The smallest absolute Gasteiger partial charge is 0.239 e. The Hall–Kier alpha value is -0.960. The fourth-order valence-electron chi connectivity index (χ4n) is 1.76. The summed E-state index contributed by atoms with van der Waals surface area (Å²) in [6, 6.07) is 5.43. The first kappa shape index (κ1) is 19.1. The van der Waals surface area contributed by atoms with E-state index < -0.39 is 10.0 Å². The van der Waals surface area contributed by atoms with Crippen molar-refractivity contribution >= 4 is 37.5 Å². The van der Waals surface area contributed by atoms with Crippen LogP contribution in [-0.4, -0.2) is 63.5 Å². The molecule has 0 aliphatic carbocycles. The predicted molar refractivity (Wildman–Crippen MR) is 92.5 cm³/mol. The second-order valence-corrected chi connectivity index (χ2v) is 8.25. The zero-order chi connectivity index (χ0) is 16.9. The molecule has 0 radical (unpaired) electrons. The third kappa shape index (κ3) is 6.43. The molecule has 0 bridgehead atoms. The molecule has 0 atom stereocenters. The lowest BCUT2D eigenvalue weighted by Crippen LogP contribution is -2.41. The molecule has 0 fully saturated rings. The van der Waals surface area contributed by atoms with Gasteiger partial charge in [-0.15, -0.1) is 0 Å². The van der Waals surface area contributed by atoms with Crippen LogP contribution in [0.2, 0.25) is 0 Å². The monoisotopic (exact) mass is 391 g/mol. The van der Waals surface area contributed by atoms with Crippen LogP contribution in [0.1, 0.15) is 5.56 Å². The van der Waals surface area contributed by atoms with Gasteiger partial charge in [-0.25, -0.2) is 8.42 Å². The van der Waals surface area contributed by atoms with Gasteiger partial charge in [-0.2, -0.15) is 4.31 Å². The minimum atomic E-state index is -3.42. The summed E-state index contributed by atoms with van der Waals surface area (Å²) in [5.74, 6) is -0.356. The Balaban J connectivity index is 2.72. The maximum Gasteiger partial charge on any atom is 0.239 e. The Bertz CT molecular complexity index is 632. The minimum Gasteiger partial charge on any atom is -0.325 e. The number of benzene rings is 1. The number of anilines is 1. The fraction of sp³-hybridized carbons (Fsp3) is 0.500. The Morgan fingerprint density at radius 3 is 2.41 bits per heavy atom. The zero-order valence-corrected chi connectivity index (χ0v) is 15.7. The lowest BCUT2D eigenvalue weighted by atomic mass is 10.2. The maximum absolute atomic E-state index is 12.1. The number of amides is 1. The SMILES string of the molecule is Cc1cc(NC(=O)CN(CCN(C)C)S(C)(=O)=O)ccc1Br. The van der Waals surface area contributed by atoms with E-state index in [1.165, 1.54) is 4.31 Å². The second kappa shape index (κ2) is 8.05. The van der Waals surface area contributed by atoms with E-state index in [1.54, 1.807) is 6.07 Å². The van der Waals surface area contributed by atoms with Gasteiger partial charge < -0.3 is 10.2 Å². The third-order valence-corrected chi connectivity index (χ3v) is 5.17. The van der Waals surface area contributed by atoms with E-state index >= 15 is 0 Å². The summed E-state index contributed by atoms with van der Waals surface area (Å²) in [6.07, 6.45) is 1.11. The number of rotatable bonds is 7. The highest BCUT2D eigenvalue weighted by Crippen LogP contribution is 2.20. The third-order valence-electron chi connectivity index (χ3n) is 3.03. The van der Waals surface area contributed by atoms with Crippen LogP contribution in [0.5, 0.6) is 0 Å². The summed E-state index contributed by atoms with van der Waals surface area (Å²) in [7, 11) is 0.280. The standard InChI is InChI=1S/C14H22BrN3O3S/c1-11-9-12(5-6-13(11)15)16-14(19)10-18(22(4,20)21)8-7-17(2)3/h5-6,9H,7-8,10H2,1-4H3,(H,16,19). The first-order valence-corrected chi connectivity index (χ1v) is 9.39. The summed E-state index contributed by atoms with van der Waals surface area (Å²) in [6.45, 7) is 2.55. The molecule has 0 aliphatic rings. The van der Waals surface area contributed by atoms with Crippen molar-refractivity contribution in [3.05, 3.63) is 28.2 Å². The number of halogens is 1. The number of nitrogens with one attached hydrogen (secondary N) is 1. The molecule has 0 saturated heterocycles. The molecule has 1 rings (SSSR count). The molecule has 0 aromatic heterocycles. The van der Waals surface area contributed by atoms with Gasteiger partial charge in [-0.1, -0.05) is 15.9 Å². The van der Waals surface area contributed by atoms with E-state index in [0.29, 0.717) is 12.2 Å². The Morgan fingerprint density at radius 2 is 1.91 bits per heavy atom. The minimum absolute atomic E-state index is 0.193. The number of hydrogen-bond acceptors (Lipinski definition) is 4.